The lowest BCUT2D eigenvalue weighted by atomic mass is 9.87. The first-order valence-corrected chi connectivity index (χ1v) is 9.07. The molecule has 1 aromatic rings. The first-order valence-electron chi connectivity index (χ1n) is 9.07. The minimum absolute atomic E-state index is 0.228. The van der Waals surface area contributed by atoms with Crippen molar-refractivity contribution in [1.82, 2.24) is 0 Å². The largest absolute Gasteiger partial charge is 0.496 e. The zero-order chi connectivity index (χ0) is 17.9. The van der Waals surface area contributed by atoms with E-state index in [9.17, 15) is 0 Å². The Morgan fingerprint density at radius 3 is 2.25 bits per heavy atom. The Balaban J connectivity index is 3.19. The van der Waals surface area contributed by atoms with Crippen molar-refractivity contribution in [2.45, 2.75) is 58.3 Å². The van der Waals surface area contributed by atoms with Crippen LogP contribution in [0.5, 0.6) is 11.5 Å². The van der Waals surface area contributed by atoms with Gasteiger partial charge in [-0.25, -0.2) is 0 Å². The Bertz CT molecular complexity index is 471. The highest BCUT2D eigenvalue weighted by Crippen LogP contribution is 2.41. The smallest absolute Gasteiger partial charge is 0.126 e. The van der Waals surface area contributed by atoms with Crippen LogP contribution < -0.4 is 9.47 Å². The van der Waals surface area contributed by atoms with Crippen LogP contribution in [-0.4, -0.2) is 25.9 Å². The Kier molecular flexibility index (Phi) is 9.55. The highest BCUT2D eigenvalue weighted by atomic mass is 16.5. The third-order valence-corrected chi connectivity index (χ3v) is 4.58. The van der Waals surface area contributed by atoms with Crippen LogP contribution in [0.1, 0.15) is 63.0 Å². The van der Waals surface area contributed by atoms with Crippen molar-refractivity contribution in [3.8, 4) is 11.5 Å². The van der Waals surface area contributed by atoms with E-state index in [1.165, 1.54) is 18.4 Å². The van der Waals surface area contributed by atoms with Gasteiger partial charge in [-0.15, -0.1) is 6.58 Å². The summed E-state index contributed by atoms with van der Waals surface area (Å²) >= 11 is 0. The van der Waals surface area contributed by atoms with Crippen molar-refractivity contribution in [3.63, 3.8) is 0 Å². The summed E-state index contributed by atoms with van der Waals surface area (Å²) in [6.45, 7) is 8.52. The van der Waals surface area contributed by atoms with Crippen LogP contribution >= 0.6 is 0 Å². The van der Waals surface area contributed by atoms with Crippen molar-refractivity contribution < 1.29 is 14.6 Å². The second-order valence-corrected chi connectivity index (χ2v) is 6.60. The number of ether oxygens (including phenoxy) is 2. The van der Waals surface area contributed by atoms with Crippen molar-refractivity contribution >= 4 is 0 Å². The van der Waals surface area contributed by atoms with E-state index in [4.69, 9.17) is 14.6 Å². The van der Waals surface area contributed by atoms with Gasteiger partial charge in [0.05, 0.1) is 14.2 Å². The molecule has 0 aliphatic rings. The molecule has 1 rings (SSSR count). The third kappa shape index (κ3) is 5.86. The number of rotatable bonds is 12. The molecular formula is C21H34O3. The summed E-state index contributed by atoms with van der Waals surface area (Å²) in [6, 6.07) is 4.27. The molecule has 0 bridgehead atoms. The molecule has 0 radical (unpaired) electrons. The van der Waals surface area contributed by atoms with Crippen molar-refractivity contribution in [3.05, 3.63) is 35.9 Å². The van der Waals surface area contributed by atoms with Crippen molar-refractivity contribution in [2.75, 3.05) is 20.8 Å². The molecule has 0 aliphatic carbocycles. The van der Waals surface area contributed by atoms with Gasteiger partial charge >= 0.3 is 0 Å². The fraction of sp³-hybridized carbons (Fsp3) is 0.619. The predicted octanol–water partition coefficient (Wildman–Crippen LogP) is 5.11. The lowest BCUT2D eigenvalue weighted by Crippen LogP contribution is -2.07. The number of hydrogen-bond acceptors (Lipinski definition) is 3. The second kappa shape index (κ2) is 11.1. The van der Waals surface area contributed by atoms with Gasteiger partial charge in [0.25, 0.3) is 0 Å². The monoisotopic (exact) mass is 334 g/mol. The number of hydrogen-bond donors (Lipinski definition) is 1. The van der Waals surface area contributed by atoms with E-state index in [2.05, 4.69) is 32.6 Å². The van der Waals surface area contributed by atoms with E-state index in [0.29, 0.717) is 11.8 Å². The van der Waals surface area contributed by atoms with Crippen LogP contribution in [0.25, 0.3) is 0 Å². The maximum absolute atomic E-state index is 9.12. The van der Waals surface area contributed by atoms with E-state index >= 15 is 0 Å². The Labute approximate surface area is 147 Å². The SMILES string of the molecule is C=CC[C@H](CCCC)c1c(OC)cc(C[C@@H](C)CCO)cc1OC. The van der Waals surface area contributed by atoms with Crippen LogP contribution in [0.3, 0.4) is 0 Å². The van der Waals surface area contributed by atoms with Gasteiger partial charge in [0.15, 0.2) is 0 Å². The fourth-order valence-electron chi connectivity index (χ4n) is 3.27. The molecule has 1 aromatic carbocycles. The van der Waals surface area contributed by atoms with E-state index < -0.39 is 0 Å². The number of aliphatic hydroxyl groups is 1. The van der Waals surface area contributed by atoms with Crippen LogP contribution in [0, 0.1) is 5.92 Å². The highest BCUT2D eigenvalue weighted by molar-refractivity contribution is 5.50. The summed E-state index contributed by atoms with van der Waals surface area (Å²) in [4.78, 5) is 0. The Hall–Kier alpha value is -1.48. The molecular weight excluding hydrogens is 300 g/mol. The van der Waals surface area contributed by atoms with Gasteiger partial charge < -0.3 is 14.6 Å². The average Bonchev–Trinajstić information content (AvgIpc) is 2.58. The Morgan fingerprint density at radius 2 is 1.79 bits per heavy atom. The number of unbranched alkanes of at least 4 members (excludes halogenated alkanes) is 1. The van der Waals surface area contributed by atoms with Gasteiger partial charge in [-0.3, -0.25) is 0 Å². The van der Waals surface area contributed by atoms with Gasteiger partial charge in [-0.1, -0.05) is 32.8 Å². The number of methoxy groups -OCH3 is 2. The van der Waals surface area contributed by atoms with Crippen LogP contribution in [-0.2, 0) is 6.42 Å². The van der Waals surface area contributed by atoms with Crippen LogP contribution in [0.2, 0.25) is 0 Å². The topological polar surface area (TPSA) is 38.7 Å². The molecule has 2 atom stereocenters. The maximum Gasteiger partial charge on any atom is 0.126 e. The summed E-state index contributed by atoms with van der Waals surface area (Å²) in [7, 11) is 3.45. The highest BCUT2D eigenvalue weighted by Gasteiger charge is 2.21. The molecule has 0 amide bonds. The first-order chi connectivity index (χ1) is 11.6. The second-order valence-electron chi connectivity index (χ2n) is 6.60. The predicted molar refractivity (Wildman–Crippen MR) is 101 cm³/mol. The molecule has 0 saturated heterocycles. The third-order valence-electron chi connectivity index (χ3n) is 4.58. The minimum Gasteiger partial charge on any atom is -0.496 e. The summed E-state index contributed by atoms with van der Waals surface area (Å²) in [5.41, 5.74) is 2.35. The van der Waals surface area contributed by atoms with E-state index in [1.807, 2.05) is 6.08 Å². The quantitative estimate of drug-likeness (QED) is 0.540. The van der Waals surface area contributed by atoms with Gasteiger partial charge in [0.2, 0.25) is 0 Å². The summed E-state index contributed by atoms with van der Waals surface area (Å²) in [6.07, 6.45) is 8.09. The van der Waals surface area contributed by atoms with Gasteiger partial charge in [0.1, 0.15) is 11.5 Å². The molecule has 0 unspecified atom stereocenters. The molecule has 24 heavy (non-hydrogen) atoms. The Morgan fingerprint density at radius 1 is 1.17 bits per heavy atom. The zero-order valence-electron chi connectivity index (χ0n) is 15.8. The molecule has 136 valence electrons. The molecule has 0 fully saturated rings. The lowest BCUT2D eigenvalue weighted by Gasteiger charge is -2.23. The standard InChI is InChI=1S/C21H34O3/c1-6-8-10-18(9-7-2)21-19(23-4)14-17(15-20(21)24-5)13-16(3)11-12-22/h7,14-16,18,22H,2,6,8-13H2,1,3-5H3/t16-,18+/m0/s1. The fourth-order valence-corrected chi connectivity index (χ4v) is 3.27. The molecule has 3 nitrogen and oxygen atoms in total. The summed E-state index contributed by atoms with van der Waals surface area (Å²) in [5.74, 6) is 2.61. The molecule has 0 saturated carbocycles. The van der Waals surface area contributed by atoms with E-state index in [-0.39, 0.29) is 6.61 Å². The van der Waals surface area contributed by atoms with Crippen molar-refractivity contribution in [1.29, 1.82) is 0 Å². The maximum atomic E-state index is 9.12. The van der Waals surface area contributed by atoms with Gasteiger partial charge in [-0.2, -0.15) is 0 Å². The molecule has 0 aromatic heterocycles. The summed E-state index contributed by atoms with van der Waals surface area (Å²) < 4.78 is 11.4. The van der Waals surface area contributed by atoms with E-state index in [0.717, 1.165) is 42.7 Å². The number of benzene rings is 1. The lowest BCUT2D eigenvalue weighted by molar-refractivity contribution is 0.262. The minimum atomic E-state index is 0.228. The van der Waals surface area contributed by atoms with Crippen LogP contribution in [0.4, 0.5) is 0 Å². The van der Waals surface area contributed by atoms with Crippen molar-refractivity contribution in [2.24, 2.45) is 5.92 Å². The van der Waals surface area contributed by atoms with Crippen LogP contribution in [0.15, 0.2) is 24.8 Å². The zero-order valence-corrected chi connectivity index (χ0v) is 15.8. The average molecular weight is 335 g/mol. The van der Waals surface area contributed by atoms with Gasteiger partial charge in [0, 0.05) is 12.2 Å². The number of allylic oxidation sites excluding steroid dienone is 1. The van der Waals surface area contributed by atoms with E-state index in [1.54, 1.807) is 14.2 Å². The normalized spacial score (nSPS) is 13.4. The van der Waals surface area contributed by atoms with Gasteiger partial charge in [-0.05, 0) is 55.2 Å². The first kappa shape index (κ1) is 20.6. The summed E-state index contributed by atoms with van der Waals surface area (Å²) in [5, 5.41) is 9.12. The molecule has 0 spiro atoms. The molecule has 3 heteroatoms. The molecule has 0 aliphatic heterocycles. The molecule has 0 heterocycles. The number of aliphatic hydroxyl groups excluding tert-OH is 1. The molecule has 1 N–H and O–H groups in total.